The molecule has 0 aliphatic rings. The first kappa shape index (κ1) is 16.3. The van der Waals surface area contributed by atoms with Crippen molar-refractivity contribution in [3.05, 3.63) is 35.9 Å². The largest absolute Gasteiger partial charge is 0.481 e. The number of carboxylic acids is 1. The van der Waals surface area contributed by atoms with Crippen molar-refractivity contribution in [2.75, 3.05) is 31.4 Å². The number of hydrogen-bond acceptors (Lipinski definition) is 2. The van der Waals surface area contributed by atoms with E-state index < -0.39 is 11.9 Å². The number of halogens is 2. The Kier molecular flexibility index (Phi) is 7.87. The van der Waals surface area contributed by atoms with Gasteiger partial charge in [0, 0.05) is 24.8 Å². The third kappa shape index (κ3) is 5.81. The van der Waals surface area contributed by atoms with Gasteiger partial charge in [-0.2, -0.15) is 0 Å². The fourth-order valence-electron chi connectivity index (χ4n) is 2.00. The number of nitrogens with zero attached hydrogens (tertiary/aromatic N) is 1. The second-order valence-electron chi connectivity index (χ2n) is 4.31. The highest BCUT2D eigenvalue weighted by molar-refractivity contribution is 6.18. The predicted molar refractivity (Wildman–Crippen MR) is 79.3 cm³/mol. The molecule has 0 fully saturated rings. The molecule has 0 amide bonds. The predicted octanol–water partition coefficient (Wildman–Crippen LogP) is 3.02. The minimum Gasteiger partial charge on any atom is -0.481 e. The summed E-state index contributed by atoms with van der Waals surface area (Å²) in [5, 5.41) is 9.33. The molecule has 5 heteroatoms. The molecule has 19 heavy (non-hydrogen) atoms. The summed E-state index contributed by atoms with van der Waals surface area (Å²) in [6.07, 6.45) is 0.563. The Morgan fingerprint density at radius 1 is 1.11 bits per heavy atom. The molecule has 1 aromatic rings. The Hall–Kier alpha value is -0.770. The molecule has 0 radical (unpaired) electrons. The van der Waals surface area contributed by atoms with E-state index in [0.29, 0.717) is 24.7 Å². The molecule has 0 saturated carbocycles. The highest BCUT2D eigenvalue weighted by Gasteiger charge is 2.20. The van der Waals surface area contributed by atoms with Gasteiger partial charge in [0.05, 0.1) is 5.92 Å². The molecule has 1 unspecified atom stereocenters. The minimum absolute atomic E-state index is 0.477. The van der Waals surface area contributed by atoms with Crippen molar-refractivity contribution in [2.24, 2.45) is 0 Å². The standard InChI is InChI=1S/C14H19Cl2NO2/c15-7-10-17(11-8-16)9-6-13(14(18)19)12-4-2-1-3-5-12/h1-5,13H,6-11H2,(H,18,19). The lowest BCUT2D eigenvalue weighted by Crippen LogP contribution is -2.31. The van der Waals surface area contributed by atoms with E-state index in [4.69, 9.17) is 23.2 Å². The molecule has 0 aliphatic heterocycles. The van der Waals surface area contributed by atoms with Crippen molar-refractivity contribution in [3.8, 4) is 0 Å². The summed E-state index contributed by atoms with van der Waals surface area (Å²) in [5.74, 6) is -0.211. The molecule has 106 valence electrons. The van der Waals surface area contributed by atoms with Gasteiger partial charge in [-0.15, -0.1) is 23.2 Å². The lowest BCUT2D eigenvalue weighted by molar-refractivity contribution is -0.139. The number of rotatable bonds is 9. The number of carbonyl (C=O) groups is 1. The summed E-state index contributed by atoms with van der Waals surface area (Å²) in [5.41, 5.74) is 0.840. The van der Waals surface area contributed by atoms with Crippen LogP contribution in [0, 0.1) is 0 Å². The van der Waals surface area contributed by atoms with E-state index in [1.54, 1.807) is 0 Å². The van der Waals surface area contributed by atoms with Crippen molar-refractivity contribution >= 4 is 29.2 Å². The normalized spacial score (nSPS) is 12.6. The van der Waals surface area contributed by atoms with Crippen LogP contribution in [0.5, 0.6) is 0 Å². The number of benzene rings is 1. The van der Waals surface area contributed by atoms with E-state index in [-0.39, 0.29) is 0 Å². The average molecular weight is 304 g/mol. The van der Waals surface area contributed by atoms with E-state index in [2.05, 4.69) is 4.90 Å². The van der Waals surface area contributed by atoms with Crippen LogP contribution < -0.4 is 0 Å². The third-order valence-electron chi connectivity index (χ3n) is 3.04. The Morgan fingerprint density at radius 3 is 2.16 bits per heavy atom. The maximum absolute atomic E-state index is 11.4. The van der Waals surface area contributed by atoms with Crippen LogP contribution in [-0.4, -0.2) is 47.4 Å². The lowest BCUT2D eigenvalue weighted by Gasteiger charge is -2.22. The van der Waals surface area contributed by atoms with E-state index in [0.717, 1.165) is 18.7 Å². The molecule has 0 aliphatic carbocycles. The molecule has 0 bridgehead atoms. The van der Waals surface area contributed by atoms with Crippen LogP contribution >= 0.6 is 23.2 Å². The molecule has 0 aromatic heterocycles. The highest BCUT2D eigenvalue weighted by Crippen LogP contribution is 2.20. The molecular formula is C14H19Cl2NO2. The average Bonchev–Trinajstić information content (AvgIpc) is 2.40. The molecule has 0 spiro atoms. The smallest absolute Gasteiger partial charge is 0.311 e. The van der Waals surface area contributed by atoms with Crippen molar-refractivity contribution in [3.63, 3.8) is 0 Å². The van der Waals surface area contributed by atoms with Gasteiger partial charge in [-0.1, -0.05) is 30.3 Å². The van der Waals surface area contributed by atoms with Gasteiger partial charge in [0.15, 0.2) is 0 Å². The molecule has 1 rings (SSSR count). The zero-order chi connectivity index (χ0) is 14.1. The molecule has 1 atom stereocenters. The summed E-state index contributed by atoms with van der Waals surface area (Å²) in [7, 11) is 0. The summed E-state index contributed by atoms with van der Waals surface area (Å²) in [6, 6.07) is 9.31. The van der Waals surface area contributed by atoms with Crippen LogP contribution in [-0.2, 0) is 4.79 Å². The van der Waals surface area contributed by atoms with Gasteiger partial charge >= 0.3 is 5.97 Å². The third-order valence-corrected chi connectivity index (χ3v) is 3.37. The van der Waals surface area contributed by atoms with Crippen molar-refractivity contribution in [1.29, 1.82) is 0 Å². The van der Waals surface area contributed by atoms with Crippen molar-refractivity contribution in [1.82, 2.24) is 4.90 Å². The Morgan fingerprint density at radius 2 is 1.68 bits per heavy atom. The van der Waals surface area contributed by atoms with Gasteiger partial charge in [-0.25, -0.2) is 0 Å². The van der Waals surface area contributed by atoms with Crippen LogP contribution in [0.3, 0.4) is 0 Å². The fourth-order valence-corrected chi connectivity index (χ4v) is 2.48. The van der Waals surface area contributed by atoms with Crippen molar-refractivity contribution < 1.29 is 9.90 Å². The van der Waals surface area contributed by atoms with Crippen LogP contribution in [0.4, 0.5) is 0 Å². The number of alkyl halides is 2. The summed E-state index contributed by atoms with van der Waals surface area (Å²) in [4.78, 5) is 13.5. The second-order valence-corrected chi connectivity index (χ2v) is 5.07. The Labute approximate surface area is 124 Å². The van der Waals surface area contributed by atoms with E-state index in [1.165, 1.54) is 0 Å². The van der Waals surface area contributed by atoms with E-state index in [1.807, 2.05) is 30.3 Å². The SMILES string of the molecule is O=C(O)C(CCN(CCCl)CCCl)c1ccccc1. The Bertz CT molecular complexity index is 367. The molecule has 3 nitrogen and oxygen atoms in total. The van der Waals surface area contributed by atoms with Gasteiger partial charge < -0.3 is 10.0 Å². The first-order valence-electron chi connectivity index (χ1n) is 6.31. The zero-order valence-electron chi connectivity index (χ0n) is 10.8. The van der Waals surface area contributed by atoms with Gasteiger partial charge in [0.1, 0.15) is 0 Å². The first-order chi connectivity index (χ1) is 9.19. The van der Waals surface area contributed by atoms with Gasteiger partial charge in [0.25, 0.3) is 0 Å². The molecule has 1 N–H and O–H groups in total. The summed E-state index contributed by atoms with van der Waals surface area (Å²) in [6.45, 7) is 2.15. The summed E-state index contributed by atoms with van der Waals surface area (Å²) < 4.78 is 0. The topological polar surface area (TPSA) is 40.5 Å². The van der Waals surface area contributed by atoms with Crippen molar-refractivity contribution in [2.45, 2.75) is 12.3 Å². The Balaban J connectivity index is 2.61. The van der Waals surface area contributed by atoms with Crippen LogP contribution in [0.15, 0.2) is 30.3 Å². The second kappa shape index (κ2) is 9.18. The maximum atomic E-state index is 11.4. The van der Waals surface area contributed by atoms with Gasteiger partial charge in [-0.3, -0.25) is 4.79 Å². The molecular weight excluding hydrogens is 285 g/mol. The number of hydrogen-bond donors (Lipinski definition) is 1. The monoisotopic (exact) mass is 303 g/mol. The molecule has 1 aromatic carbocycles. The van der Waals surface area contributed by atoms with Gasteiger partial charge in [0.2, 0.25) is 0 Å². The summed E-state index contributed by atoms with van der Waals surface area (Å²) >= 11 is 11.5. The molecule has 0 saturated heterocycles. The highest BCUT2D eigenvalue weighted by atomic mass is 35.5. The van der Waals surface area contributed by atoms with E-state index in [9.17, 15) is 9.90 Å². The van der Waals surface area contributed by atoms with Crippen LogP contribution in [0.1, 0.15) is 17.9 Å². The zero-order valence-corrected chi connectivity index (χ0v) is 12.3. The van der Waals surface area contributed by atoms with E-state index >= 15 is 0 Å². The fraction of sp³-hybridized carbons (Fsp3) is 0.500. The minimum atomic E-state index is -0.789. The quantitative estimate of drug-likeness (QED) is 0.713. The molecule has 0 heterocycles. The first-order valence-corrected chi connectivity index (χ1v) is 7.38. The van der Waals surface area contributed by atoms with Crippen LogP contribution in [0.25, 0.3) is 0 Å². The van der Waals surface area contributed by atoms with Crippen LogP contribution in [0.2, 0.25) is 0 Å². The maximum Gasteiger partial charge on any atom is 0.311 e. The van der Waals surface area contributed by atoms with Gasteiger partial charge in [-0.05, 0) is 18.5 Å². The lowest BCUT2D eigenvalue weighted by atomic mass is 9.96. The number of aliphatic carboxylic acids is 1. The number of carboxylic acid groups (broad SMARTS) is 1.